The van der Waals surface area contributed by atoms with E-state index in [1.165, 1.54) is 12.3 Å². The third-order valence-electron chi connectivity index (χ3n) is 4.87. The molecule has 0 heterocycles. The summed E-state index contributed by atoms with van der Waals surface area (Å²) in [7, 11) is 0. The average molecular weight is 432 g/mol. The summed E-state index contributed by atoms with van der Waals surface area (Å²) in [5, 5.41) is 0. The van der Waals surface area contributed by atoms with E-state index < -0.39 is 16.1 Å². The number of hydrogen-bond acceptors (Lipinski definition) is 2. The van der Waals surface area contributed by atoms with Crippen molar-refractivity contribution in [3.8, 4) is 11.1 Å². The van der Waals surface area contributed by atoms with Crippen LogP contribution in [0.25, 0.3) is 11.1 Å². The van der Waals surface area contributed by atoms with Gasteiger partial charge >= 0.3 is 0 Å². The van der Waals surface area contributed by atoms with Gasteiger partial charge < -0.3 is 4.55 Å². The van der Waals surface area contributed by atoms with Crippen molar-refractivity contribution in [2.45, 2.75) is 65.0 Å². The van der Waals surface area contributed by atoms with Crippen LogP contribution in [0.5, 0.6) is 0 Å². The van der Waals surface area contributed by atoms with E-state index in [-0.39, 0.29) is 17.2 Å². The first-order chi connectivity index (χ1) is 14.0. The van der Waals surface area contributed by atoms with Gasteiger partial charge in [0, 0.05) is 5.56 Å². The fraction of sp³-hybridized carbons (Fsp3) is 0.400. The van der Waals surface area contributed by atoms with Gasteiger partial charge in [-0.05, 0) is 112 Å². The predicted molar refractivity (Wildman–Crippen MR) is 125 cm³/mol. The molecule has 0 fully saturated rings. The molecule has 30 heavy (non-hydrogen) atoms. The van der Waals surface area contributed by atoms with Gasteiger partial charge in [-0.15, -0.1) is 6.58 Å². The van der Waals surface area contributed by atoms with Crippen molar-refractivity contribution in [1.82, 2.24) is 0 Å². The van der Waals surface area contributed by atoms with E-state index in [9.17, 15) is 13.3 Å². The Bertz CT molecular complexity index is 932. The third kappa shape index (κ3) is 6.26. The Balaban J connectivity index is 2.50. The molecule has 0 N–H and O–H groups in total. The molecule has 0 aliphatic rings. The molecule has 0 aliphatic carbocycles. The standard InChI is InChI=1S/C25H31F2NOS/c1-7-8-9-10-11-19-15-22(26)13-17(2)23(19)20-12-18(3)24(27)21(14-20)16-28-30(29)25(4,5)6/h7,12-16H,1,8-11H2,2-6H3. The molecular formula is C25H31F2NOS. The Hall–Kier alpha value is -1.98. The summed E-state index contributed by atoms with van der Waals surface area (Å²) in [6.45, 7) is 12.8. The lowest BCUT2D eigenvalue weighted by Gasteiger charge is -2.18. The summed E-state index contributed by atoms with van der Waals surface area (Å²) >= 11 is -1.48. The molecule has 162 valence electrons. The van der Waals surface area contributed by atoms with Gasteiger partial charge in [-0.3, -0.25) is 0 Å². The second kappa shape index (κ2) is 10.4. The molecule has 0 saturated heterocycles. The van der Waals surface area contributed by atoms with Crippen molar-refractivity contribution in [1.29, 1.82) is 0 Å². The number of nitrogens with zero attached hydrogens (tertiary/aromatic N) is 1. The highest BCUT2D eigenvalue weighted by molar-refractivity contribution is 7.91. The summed E-state index contributed by atoms with van der Waals surface area (Å²) < 4.78 is 44.6. The zero-order valence-corrected chi connectivity index (χ0v) is 19.3. The summed E-state index contributed by atoms with van der Waals surface area (Å²) in [6.07, 6.45) is 6.78. The number of allylic oxidation sites excluding steroid dienone is 1. The molecule has 0 aliphatic heterocycles. The summed E-state index contributed by atoms with van der Waals surface area (Å²) in [5.74, 6) is -0.656. The fourth-order valence-corrected chi connectivity index (χ4v) is 3.85. The van der Waals surface area contributed by atoms with Crippen molar-refractivity contribution in [3.63, 3.8) is 0 Å². The lowest BCUT2D eigenvalue weighted by molar-refractivity contribution is 0.561. The molecule has 2 nitrogen and oxygen atoms in total. The van der Waals surface area contributed by atoms with Crippen molar-refractivity contribution >= 4 is 17.6 Å². The molecule has 0 saturated carbocycles. The first kappa shape index (κ1) is 24.3. The van der Waals surface area contributed by atoms with E-state index in [2.05, 4.69) is 11.0 Å². The molecule has 0 radical (unpaired) electrons. The lowest BCUT2D eigenvalue weighted by Crippen LogP contribution is -2.25. The second-order valence-electron chi connectivity index (χ2n) is 8.58. The quantitative estimate of drug-likeness (QED) is 0.191. The van der Waals surface area contributed by atoms with E-state index in [1.807, 2.05) is 33.8 Å². The van der Waals surface area contributed by atoms with Crippen molar-refractivity contribution < 1.29 is 13.3 Å². The predicted octanol–water partition coefficient (Wildman–Crippen LogP) is 7.03. The molecule has 5 heteroatoms. The zero-order chi connectivity index (χ0) is 22.5. The van der Waals surface area contributed by atoms with Gasteiger partial charge in [-0.2, -0.15) is 0 Å². The van der Waals surface area contributed by atoms with Crippen molar-refractivity contribution in [3.05, 3.63) is 70.8 Å². The van der Waals surface area contributed by atoms with Crippen LogP contribution in [0.3, 0.4) is 0 Å². The average Bonchev–Trinajstić information content (AvgIpc) is 2.65. The highest BCUT2D eigenvalue weighted by Crippen LogP contribution is 2.32. The van der Waals surface area contributed by atoms with E-state index >= 15 is 0 Å². The minimum absolute atomic E-state index is 0.267. The summed E-state index contributed by atoms with van der Waals surface area (Å²) in [4.78, 5) is 0. The van der Waals surface area contributed by atoms with Crippen LogP contribution >= 0.6 is 0 Å². The van der Waals surface area contributed by atoms with Crippen LogP contribution in [0, 0.1) is 25.5 Å². The van der Waals surface area contributed by atoms with E-state index in [0.717, 1.165) is 47.9 Å². The number of aryl methyl sites for hydroxylation is 3. The molecule has 2 aromatic rings. The maximum absolute atomic E-state index is 14.7. The van der Waals surface area contributed by atoms with Crippen LogP contribution < -0.4 is 0 Å². The Kier molecular flexibility index (Phi) is 8.39. The molecule has 1 atom stereocenters. The number of halogens is 2. The largest absolute Gasteiger partial charge is 0.591 e. The van der Waals surface area contributed by atoms with Crippen LogP contribution in [-0.4, -0.2) is 15.5 Å². The lowest BCUT2D eigenvalue weighted by atomic mass is 9.90. The number of hydrogen-bond donors (Lipinski definition) is 0. The molecule has 2 rings (SSSR count). The molecule has 2 aromatic carbocycles. The van der Waals surface area contributed by atoms with Crippen LogP contribution in [0.1, 0.15) is 62.3 Å². The Morgan fingerprint density at radius 1 is 1.07 bits per heavy atom. The maximum Gasteiger partial charge on any atom is 0.144 e. The van der Waals surface area contributed by atoms with Crippen LogP contribution in [0.4, 0.5) is 8.78 Å². The van der Waals surface area contributed by atoms with Gasteiger partial charge in [-0.1, -0.05) is 10.5 Å². The second-order valence-corrected chi connectivity index (χ2v) is 10.5. The summed E-state index contributed by atoms with van der Waals surface area (Å²) in [5.41, 5.74) is 4.20. The molecule has 0 spiro atoms. The Labute approximate surface area is 182 Å². The zero-order valence-electron chi connectivity index (χ0n) is 18.5. The fourth-order valence-electron chi connectivity index (χ4n) is 3.32. The smallest absolute Gasteiger partial charge is 0.144 e. The van der Waals surface area contributed by atoms with Gasteiger partial charge in [-0.25, -0.2) is 8.78 Å². The summed E-state index contributed by atoms with van der Waals surface area (Å²) in [6, 6.07) is 6.56. The first-order valence-electron chi connectivity index (χ1n) is 10.2. The molecule has 0 bridgehead atoms. The van der Waals surface area contributed by atoms with Gasteiger partial charge in [0.25, 0.3) is 0 Å². The Morgan fingerprint density at radius 2 is 1.77 bits per heavy atom. The molecular weight excluding hydrogens is 400 g/mol. The molecule has 1 unspecified atom stereocenters. The topological polar surface area (TPSA) is 35.4 Å². The van der Waals surface area contributed by atoms with Crippen molar-refractivity contribution in [2.75, 3.05) is 0 Å². The number of rotatable bonds is 8. The Morgan fingerprint density at radius 3 is 2.40 bits per heavy atom. The monoisotopic (exact) mass is 431 g/mol. The van der Waals surface area contributed by atoms with Crippen LogP contribution in [0.2, 0.25) is 0 Å². The normalized spacial score (nSPS) is 13.1. The minimum atomic E-state index is -1.48. The van der Waals surface area contributed by atoms with E-state index in [4.69, 9.17) is 0 Å². The van der Waals surface area contributed by atoms with Gasteiger partial charge in [0.2, 0.25) is 0 Å². The van der Waals surface area contributed by atoms with Crippen LogP contribution in [0.15, 0.2) is 41.3 Å². The number of unbranched alkanes of at least 4 members (excludes halogenated alkanes) is 2. The molecule has 0 aromatic heterocycles. The SMILES string of the molecule is C=CCCCCc1cc(F)cc(C)c1-c1cc(C)c(F)c(C=N[S+]([O-])C(C)(C)C)c1. The highest BCUT2D eigenvalue weighted by Gasteiger charge is 2.26. The maximum atomic E-state index is 14.7. The third-order valence-corrected chi connectivity index (χ3v) is 6.21. The highest BCUT2D eigenvalue weighted by atomic mass is 32.2. The van der Waals surface area contributed by atoms with Gasteiger partial charge in [0.15, 0.2) is 0 Å². The minimum Gasteiger partial charge on any atom is -0.591 e. The van der Waals surface area contributed by atoms with Crippen LogP contribution in [-0.2, 0) is 17.8 Å². The van der Waals surface area contributed by atoms with Gasteiger partial charge in [0.05, 0.1) is 6.21 Å². The van der Waals surface area contributed by atoms with Crippen molar-refractivity contribution in [2.24, 2.45) is 4.40 Å². The van der Waals surface area contributed by atoms with Gasteiger partial charge in [0.1, 0.15) is 27.7 Å². The molecule has 0 amide bonds. The van der Waals surface area contributed by atoms with E-state index in [0.29, 0.717) is 5.56 Å². The van der Waals surface area contributed by atoms with E-state index in [1.54, 1.807) is 25.1 Å². The number of benzene rings is 2. The first-order valence-corrected chi connectivity index (χ1v) is 11.3.